The summed E-state index contributed by atoms with van der Waals surface area (Å²) in [4.78, 5) is 0. The van der Waals surface area contributed by atoms with Gasteiger partial charge in [0.2, 0.25) is 0 Å². The topological polar surface area (TPSA) is 26.0 Å². The van der Waals surface area contributed by atoms with Gasteiger partial charge in [-0.2, -0.15) is 0 Å². The molecule has 0 aromatic heterocycles. The second-order valence-corrected chi connectivity index (χ2v) is 3.15. The van der Waals surface area contributed by atoms with Crippen molar-refractivity contribution >= 4 is 24.0 Å². The van der Waals surface area contributed by atoms with Crippen molar-refractivity contribution in [3.63, 3.8) is 0 Å². The lowest BCUT2D eigenvalue weighted by Gasteiger charge is -2.09. The molecule has 1 aromatic rings. The lowest BCUT2D eigenvalue weighted by atomic mass is 10.0. The Hall–Kier alpha value is -0.240. The van der Waals surface area contributed by atoms with Gasteiger partial charge in [-0.15, -0.1) is 12.4 Å². The summed E-state index contributed by atoms with van der Waals surface area (Å²) in [6.07, 6.45) is 0. The molecule has 68 valence electrons. The van der Waals surface area contributed by atoms with Gasteiger partial charge in [-0.25, -0.2) is 0 Å². The maximum atomic E-state index is 5.90. The Bertz CT molecular complexity index is 259. The summed E-state index contributed by atoms with van der Waals surface area (Å²) in [6, 6.07) is 5.87. The SMILES string of the molecule is Cc1c(Cl)cccc1C(C)N.Cl. The van der Waals surface area contributed by atoms with Gasteiger partial charge in [0.1, 0.15) is 0 Å². The van der Waals surface area contributed by atoms with Crippen molar-refractivity contribution in [2.75, 3.05) is 0 Å². The molecule has 0 bridgehead atoms. The predicted molar refractivity (Wildman–Crippen MR) is 56.0 cm³/mol. The zero-order valence-electron chi connectivity index (χ0n) is 7.17. The average molecular weight is 206 g/mol. The lowest BCUT2D eigenvalue weighted by molar-refractivity contribution is 0.810. The molecule has 0 fully saturated rings. The second kappa shape index (κ2) is 4.70. The van der Waals surface area contributed by atoms with Crippen LogP contribution >= 0.6 is 24.0 Å². The summed E-state index contributed by atoms with van der Waals surface area (Å²) in [5.41, 5.74) is 7.93. The molecular weight excluding hydrogens is 193 g/mol. The third-order valence-corrected chi connectivity index (χ3v) is 2.21. The van der Waals surface area contributed by atoms with Crippen LogP contribution in [0.25, 0.3) is 0 Å². The summed E-state index contributed by atoms with van der Waals surface area (Å²) in [5, 5.41) is 0.791. The molecule has 0 aliphatic rings. The Balaban J connectivity index is 0.00000121. The molecule has 2 N–H and O–H groups in total. The first kappa shape index (κ1) is 11.8. The van der Waals surface area contributed by atoms with Crippen molar-refractivity contribution in [1.82, 2.24) is 0 Å². The quantitative estimate of drug-likeness (QED) is 0.750. The third-order valence-electron chi connectivity index (χ3n) is 1.80. The van der Waals surface area contributed by atoms with Crippen LogP contribution < -0.4 is 5.73 Å². The summed E-state index contributed by atoms with van der Waals surface area (Å²) in [6.45, 7) is 3.94. The van der Waals surface area contributed by atoms with Gasteiger partial charge in [0, 0.05) is 11.1 Å². The second-order valence-electron chi connectivity index (χ2n) is 2.74. The van der Waals surface area contributed by atoms with E-state index in [9.17, 15) is 0 Å². The average Bonchev–Trinajstić information content (AvgIpc) is 1.94. The van der Waals surface area contributed by atoms with Crippen molar-refractivity contribution in [2.45, 2.75) is 19.9 Å². The van der Waals surface area contributed by atoms with E-state index in [1.165, 1.54) is 0 Å². The molecule has 0 aliphatic heterocycles. The number of rotatable bonds is 1. The molecule has 0 saturated carbocycles. The maximum absolute atomic E-state index is 5.90. The van der Waals surface area contributed by atoms with E-state index in [-0.39, 0.29) is 18.4 Å². The maximum Gasteiger partial charge on any atom is 0.0438 e. The summed E-state index contributed by atoms with van der Waals surface area (Å²) in [7, 11) is 0. The highest BCUT2D eigenvalue weighted by Gasteiger charge is 2.04. The van der Waals surface area contributed by atoms with Crippen molar-refractivity contribution < 1.29 is 0 Å². The first-order chi connectivity index (χ1) is 5.13. The fourth-order valence-electron chi connectivity index (χ4n) is 1.12. The Morgan fingerprint density at radius 1 is 1.42 bits per heavy atom. The van der Waals surface area contributed by atoms with Crippen LogP contribution in [0.3, 0.4) is 0 Å². The van der Waals surface area contributed by atoms with Crippen LogP contribution in [0, 0.1) is 6.92 Å². The van der Waals surface area contributed by atoms with Crippen molar-refractivity contribution in [1.29, 1.82) is 0 Å². The number of hydrogen-bond donors (Lipinski definition) is 1. The molecule has 0 aliphatic carbocycles. The molecule has 0 amide bonds. The van der Waals surface area contributed by atoms with Crippen LogP contribution in [0.2, 0.25) is 5.02 Å². The fraction of sp³-hybridized carbons (Fsp3) is 0.333. The Kier molecular flexibility index (Phi) is 4.61. The zero-order chi connectivity index (χ0) is 8.43. The zero-order valence-corrected chi connectivity index (χ0v) is 8.75. The predicted octanol–water partition coefficient (Wildman–Crippen LogP) is 3.09. The smallest absolute Gasteiger partial charge is 0.0438 e. The molecule has 1 unspecified atom stereocenters. The Morgan fingerprint density at radius 2 is 2.00 bits per heavy atom. The van der Waals surface area contributed by atoms with Gasteiger partial charge in [0.15, 0.2) is 0 Å². The molecule has 12 heavy (non-hydrogen) atoms. The van der Waals surface area contributed by atoms with Crippen molar-refractivity contribution in [3.8, 4) is 0 Å². The molecule has 1 atom stereocenters. The summed E-state index contributed by atoms with van der Waals surface area (Å²) >= 11 is 5.90. The Morgan fingerprint density at radius 3 is 2.42 bits per heavy atom. The Labute approximate surface area is 84.3 Å². The summed E-state index contributed by atoms with van der Waals surface area (Å²) in [5.74, 6) is 0. The van der Waals surface area contributed by atoms with E-state index in [0.717, 1.165) is 16.1 Å². The minimum Gasteiger partial charge on any atom is -0.324 e. The van der Waals surface area contributed by atoms with E-state index in [1.54, 1.807) is 0 Å². The number of hydrogen-bond acceptors (Lipinski definition) is 1. The van der Waals surface area contributed by atoms with Crippen LogP contribution in [0.5, 0.6) is 0 Å². The van der Waals surface area contributed by atoms with Crippen LogP contribution in [-0.4, -0.2) is 0 Å². The molecular formula is C9H13Cl2N. The molecule has 0 spiro atoms. The van der Waals surface area contributed by atoms with Crippen LogP contribution in [-0.2, 0) is 0 Å². The number of halogens is 2. The summed E-state index contributed by atoms with van der Waals surface area (Å²) < 4.78 is 0. The first-order valence-corrected chi connectivity index (χ1v) is 4.01. The minimum absolute atomic E-state index is 0. The van der Waals surface area contributed by atoms with Gasteiger partial charge < -0.3 is 5.73 Å². The third kappa shape index (κ3) is 2.37. The van der Waals surface area contributed by atoms with Gasteiger partial charge in [-0.1, -0.05) is 23.7 Å². The molecule has 1 aromatic carbocycles. The van der Waals surface area contributed by atoms with Gasteiger partial charge in [-0.3, -0.25) is 0 Å². The molecule has 1 nitrogen and oxygen atoms in total. The molecule has 0 radical (unpaired) electrons. The highest BCUT2D eigenvalue weighted by atomic mass is 35.5. The normalized spacial score (nSPS) is 12.0. The van der Waals surface area contributed by atoms with Crippen LogP contribution in [0.1, 0.15) is 24.1 Å². The largest absolute Gasteiger partial charge is 0.324 e. The molecule has 0 saturated heterocycles. The minimum atomic E-state index is 0. The van der Waals surface area contributed by atoms with Crippen molar-refractivity contribution in [3.05, 3.63) is 34.3 Å². The van der Waals surface area contributed by atoms with E-state index in [0.29, 0.717) is 0 Å². The van der Waals surface area contributed by atoms with Crippen LogP contribution in [0.4, 0.5) is 0 Å². The standard InChI is InChI=1S/C9H12ClN.ClH/c1-6-8(7(2)11)4-3-5-9(6)10;/h3-5,7H,11H2,1-2H3;1H. The highest BCUT2D eigenvalue weighted by molar-refractivity contribution is 6.31. The van der Waals surface area contributed by atoms with Gasteiger partial charge in [0.05, 0.1) is 0 Å². The van der Waals surface area contributed by atoms with Crippen molar-refractivity contribution in [2.24, 2.45) is 5.73 Å². The molecule has 0 heterocycles. The fourth-order valence-corrected chi connectivity index (χ4v) is 1.30. The van der Waals surface area contributed by atoms with Gasteiger partial charge in [-0.05, 0) is 31.0 Å². The van der Waals surface area contributed by atoms with E-state index >= 15 is 0 Å². The van der Waals surface area contributed by atoms with E-state index in [2.05, 4.69) is 0 Å². The monoisotopic (exact) mass is 205 g/mol. The first-order valence-electron chi connectivity index (χ1n) is 3.63. The van der Waals surface area contributed by atoms with Gasteiger partial charge in [0.25, 0.3) is 0 Å². The number of benzene rings is 1. The molecule has 1 rings (SSSR count). The van der Waals surface area contributed by atoms with E-state index in [1.807, 2.05) is 32.0 Å². The number of nitrogens with two attached hydrogens (primary N) is 1. The van der Waals surface area contributed by atoms with Gasteiger partial charge >= 0.3 is 0 Å². The molecule has 3 heteroatoms. The lowest BCUT2D eigenvalue weighted by Crippen LogP contribution is -2.06. The highest BCUT2D eigenvalue weighted by Crippen LogP contribution is 2.22. The van der Waals surface area contributed by atoms with E-state index < -0.39 is 0 Å². The van der Waals surface area contributed by atoms with Crippen LogP contribution in [0.15, 0.2) is 18.2 Å². The van der Waals surface area contributed by atoms with E-state index in [4.69, 9.17) is 17.3 Å².